The fraction of sp³-hybridized carbons (Fsp3) is 0.667. The molecule has 0 heterocycles. The second-order valence-corrected chi connectivity index (χ2v) is 2.86. The number of hydrogen-bond donors (Lipinski definition) is 0. The van der Waals surface area contributed by atoms with Gasteiger partial charge in [-0.1, -0.05) is 32.3 Å². The zero-order valence-electron chi connectivity index (χ0n) is 7.01. The molecule has 0 fully saturated rings. The van der Waals surface area contributed by atoms with E-state index in [1.165, 1.54) is 25.7 Å². The maximum Gasteiger partial charge on any atom is 0.0981 e. The van der Waals surface area contributed by atoms with Crippen LogP contribution in [-0.2, 0) is 11.3 Å². The van der Waals surface area contributed by atoms with Crippen molar-refractivity contribution in [2.45, 2.75) is 39.0 Å². The van der Waals surface area contributed by atoms with E-state index in [9.17, 15) is 4.21 Å². The number of unbranched alkanes of at least 4 members (excludes halogenated alkanes) is 4. The highest BCUT2D eigenvalue weighted by Gasteiger charge is 1.82. The van der Waals surface area contributed by atoms with E-state index in [0.717, 1.165) is 6.42 Å². The van der Waals surface area contributed by atoms with E-state index >= 15 is 0 Å². The molecule has 0 saturated heterocycles. The first-order valence-corrected chi connectivity index (χ1v) is 4.85. The number of rotatable bonds is 6. The Balaban J connectivity index is 3.07. The van der Waals surface area contributed by atoms with Gasteiger partial charge in [0.05, 0.1) is 16.6 Å². The van der Waals surface area contributed by atoms with Crippen molar-refractivity contribution in [1.82, 2.24) is 0 Å². The van der Waals surface area contributed by atoms with Gasteiger partial charge in [-0.25, -0.2) is 4.21 Å². The molecule has 0 rings (SSSR count). The Morgan fingerprint density at radius 3 is 2.82 bits per heavy atom. The number of allylic oxidation sites excluding steroid dienone is 2. The normalized spacial score (nSPS) is 10.3. The number of hydrogen-bond acceptors (Lipinski definition) is 1. The van der Waals surface area contributed by atoms with Crippen LogP contribution in [0, 0.1) is 0 Å². The molecule has 0 amide bonds. The summed E-state index contributed by atoms with van der Waals surface area (Å²) in [6.07, 6.45) is 9.91. The highest BCUT2D eigenvalue weighted by atomic mass is 32.1. The van der Waals surface area contributed by atoms with E-state index in [0.29, 0.717) is 11.3 Å². The third-order valence-electron chi connectivity index (χ3n) is 1.46. The summed E-state index contributed by atoms with van der Waals surface area (Å²) in [6, 6.07) is 0. The summed E-state index contributed by atoms with van der Waals surface area (Å²) in [7, 11) is 0. The van der Waals surface area contributed by atoms with Crippen molar-refractivity contribution in [1.29, 1.82) is 0 Å². The van der Waals surface area contributed by atoms with Gasteiger partial charge in [0.25, 0.3) is 0 Å². The van der Waals surface area contributed by atoms with Crippen LogP contribution in [0.1, 0.15) is 39.0 Å². The first-order valence-electron chi connectivity index (χ1n) is 4.11. The Kier molecular flexibility index (Phi) is 9.31. The van der Waals surface area contributed by atoms with E-state index in [1.54, 1.807) is 6.08 Å². The summed E-state index contributed by atoms with van der Waals surface area (Å²) >= 11 is 0.383. The van der Waals surface area contributed by atoms with Crippen LogP contribution in [0.3, 0.4) is 0 Å². The topological polar surface area (TPSA) is 17.1 Å². The summed E-state index contributed by atoms with van der Waals surface area (Å²) < 4.78 is 9.82. The van der Waals surface area contributed by atoms with Gasteiger partial charge in [0.2, 0.25) is 0 Å². The molecule has 0 bridgehead atoms. The Bertz CT molecular complexity index is 146. The van der Waals surface area contributed by atoms with E-state index in [2.05, 4.69) is 12.3 Å². The summed E-state index contributed by atoms with van der Waals surface area (Å²) in [5.74, 6) is 0. The molecule has 1 nitrogen and oxygen atoms in total. The molecule has 0 aromatic rings. The lowest BCUT2D eigenvalue weighted by atomic mass is 10.1. The van der Waals surface area contributed by atoms with E-state index in [1.807, 2.05) is 6.08 Å². The smallest absolute Gasteiger partial charge is 0.0981 e. The Labute approximate surface area is 72.6 Å². The second-order valence-electron chi connectivity index (χ2n) is 2.45. The average Bonchev–Trinajstić information content (AvgIpc) is 2.03. The lowest BCUT2D eigenvalue weighted by molar-refractivity contribution is 0.674. The molecular formula is C9H15OS. The first kappa shape index (κ1) is 10.6. The zero-order valence-corrected chi connectivity index (χ0v) is 7.82. The van der Waals surface area contributed by atoms with Gasteiger partial charge < -0.3 is 0 Å². The minimum atomic E-state index is 0.383. The molecule has 0 N–H and O–H groups in total. The third-order valence-corrected chi connectivity index (χ3v) is 1.69. The maximum atomic E-state index is 9.82. The van der Waals surface area contributed by atoms with E-state index < -0.39 is 0 Å². The van der Waals surface area contributed by atoms with Crippen LogP contribution in [0.2, 0.25) is 0 Å². The highest BCUT2D eigenvalue weighted by Crippen LogP contribution is 2.02. The van der Waals surface area contributed by atoms with Crippen LogP contribution < -0.4 is 0 Å². The van der Waals surface area contributed by atoms with Crippen LogP contribution in [-0.4, -0.2) is 9.58 Å². The molecular weight excluding hydrogens is 156 g/mol. The fourth-order valence-electron chi connectivity index (χ4n) is 0.848. The highest BCUT2D eigenvalue weighted by molar-refractivity contribution is 7.65. The van der Waals surface area contributed by atoms with Crippen molar-refractivity contribution < 1.29 is 4.21 Å². The lowest BCUT2D eigenvalue weighted by Gasteiger charge is -1.92. The van der Waals surface area contributed by atoms with E-state index in [-0.39, 0.29) is 0 Å². The van der Waals surface area contributed by atoms with E-state index in [4.69, 9.17) is 0 Å². The second kappa shape index (κ2) is 9.63. The van der Waals surface area contributed by atoms with Gasteiger partial charge in [-0.2, -0.15) is 0 Å². The van der Waals surface area contributed by atoms with Crippen molar-refractivity contribution in [3.63, 3.8) is 0 Å². The molecule has 0 atom stereocenters. The SMILES string of the molecule is CCCCCCC=C[C]=S=O. The lowest BCUT2D eigenvalue weighted by Crippen LogP contribution is -1.73. The predicted molar refractivity (Wildman–Crippen MR) is 51.0 cm³/mol. The van der Waals surface area contributed by atoms with Crippen LogP contribution in [0.25, 0.3) is 0 Å². The van der Waals surface area contributed by atoms with Gasteiger partial charge >= 0.3 is 0 Å². The fourth-order valence-corrected chi connectivity index (χ4v) is 1.000. The van der Waals surface area contributed by atoms with Crippen molar-refractivity contribution >= 4 is 16.6 Å². The summed E-state index contributed by atoms with van der Waals surface area (Å²) in [5.41, 5.74) is 0. The molecule has 0 aliphatic carbocycles. The average molecular weight is 171 g/mol. The molecule has 63 valence electrons. The third kappa shape index (κ3) is 9.63. The van der Waals surface area contributed by atoms with Gasteiger partial charge in [0.15, 0.2) is 0 Å². The molecule has 0 aliphatic heterocycles. The standard InChI is InChI=1S/C9H15OS/c1-2-3-4-5-6-7-8-9-11-10/h7-8H,2-6H2,1H3. The summed E-state index contributed by atoms with van der Waals surface area (Å²) in [4.78, 5) is 0. The van der Waals surface area contributed by atoms with Crippen LogP contribution in [0.15, 0.2) is 12.2 Å². The van der Waals surface area contributed by atoms with Gasteiger partial charge in [-0.15, -0.1) is 0 Å². The molecule has 0 saturated carbocycles. The molecule has 0 aromatic carbocycles. The summed E-state index contributed by atoms with van der Waals surface area (Å²) in [5, 5.41) is 2.52. The molecule has 0 aliphatic rings. The van der Waals surface area contributed by atoms with Crippen molar-refractivity contribution in [2.75, 3.05) is 0 Å². The molecule has 11 heavy (non-hydrogen) atoms. The largest absolute Gasteiger partial charge is 0.212 e. The van der Waals surface area contributed by atoms with Crippen LogP contribution in [0.4, 0.5) is 0 Å². The van der Waals surface area contributed by atoms with Crippen molar-refractivity contribution in [3.05, 3.63) is 12.2 Å². The van der Waals surface area contributed by atoms with Crippen molar-refractivity contribution in [2.24, 2.45) is 0 Å². The van der Waals surface area contributed by atoms with Gasteiger partial charge in [-0.05, 0) is 18.9 Å². The van der Waals surface area contributed by atoms with Crippen LogP contribution in [0.5, 0.6) is 0 Å². The van der Waals surface area contributed by atoms with Crippen molar-refractivity contribution in [3.8, 4) is 0 Å². The van der Waals surface area contributed by atoms with Gasteiger partial charge in [0, 0.05) is 0 Å². The summed E-state index contributed by atoms with van der Waals surface area (Å²) in [6.45, 7) is 2.20. The molecule has 0 spiro atoms. The molecule has 2 heteroatoms. The minimum Gasteiger partial charge on any atom is -0.212 e. The quantitative estimate of drug-likeness (QED) is 0.341. The maximum absolute atomic E-state index is 9.82. The predicted octanol–water partition coefficient (Wildman–Crippen LogP) is 2.41. The molecule has 0 unspecified atom stereocenters. The van der Waals surface area contributed by atoms with Gasteiger partial charge in [-0.3, -0.25) is 0 Å². The first-order chi connectivity index (χ1) is 5.41. The molecule has 1 radical (unpaired) electrons. The molecule has 0 aromatic heterocycles. The Morgan fingerprint density at radius 1 is 1.36 bits per heavy atom. The Hall–Kier alpha value is -0.370. The van der Waals surface area contributed by atoms with Crippen LogP contribution >= 0.6 is 0 Å². The monoisotopic (exact) mass is 171 g/mol. The minimum absolute atomic E-state index is 0.383. The van der Waals surface area contributed by atoms with Gasteiger partial charge in [0.1, 0.15) is 0 Å². The Morgan fingerprint density at radius 2 is 2.18 bits per heavy atom. The zero-order chi connectivity index (χ0) is 8.36.